The van der Waals surface area contributed by atoms with Crippen LogP contribution in [0.15, 0.2) is 0 Å². The zero-order chi connectivity index (χ0) is 17.7. The molecule has 2 aliphatic heterocycles. The average molecular weight is 357 g/mol. The molecule has 1 spiro atoms. The van der Waals surface area contributed by atoms with Crippen molar-refractivity contribution in [2.24, 2.45) is 11.3 Å². The summed E-state index contributed by atoms with van der Waals surface area (Å²) in [7, 11) is -1.57. The van der Waals surface area contributed by atoms with Crippen molar-refractivity contribution in [1.29, 1.82) is 0 Å². The predicted octanol–water partition coefficient (Wildman–Crippen LogP) is 0.127. The van der Waals surface area contributed by atoms with Crippen LogP contribution in [0.2, 0.25) is 0 Å². The number of carbonyl (C=O) groups excluding carboxylic acids is 2. The fourth-order valence-corrected chi connectivity index (χ4v) is 5.82. The van der Waals surface area contributed by atoms with Crippen LogP contribution in [0.1, 0.15) is 33.1 Å². The smallest absolute Gasteiger partial charge is 0.225 e. The Labute approximate surface area is 144 Å². The monoisotopic (exact) mass is 357 g/mol. The van der Waals surface area contributed by atoms with Gasteiger partial charge in [-0.25, -0.2) is 8.42 Å². The fraction of sp³-hybridized carbons (Fsp3) is 0.875. The molecule has 3 aliphatic rings. The van der Waals surface area contributed by atoms with Gasteiger partial charge in [-0.05, 0) is 12.8 Å². The molecule has 0 aromatic rings. The van der Waals surface area contributed by atoms with Crippen molar-refractivity contribution in [2.75, 3.05) is 39.8 Å². The molecule has 0 radical (unpaired) electrons. The zero-order valence-electron chi connectivity index (χ0n) is 14.7. The summed E-state index contributed by atoms with van der Waals surface area (Å²) in [4.78, 5) is 28.1. The molecule has 0 aromatic heterocycles. The number of rotatable bonds is 3. The first-order chi connectivity index (χ1) is 11.1. The minimum Gasteiger partial charge on any atom is -0.345 e. The van der Waals surface area contributed by atoms with Crippen LogP contribution in [0.25, 0.3) is 0 Å². The normalized spacial score (nSPS) is 29.6. The van der Waals surface area contributed by atoms with Gasteiger partial charge in [-0.2, -0.15) is 4.31 Å². The van der Waals surface area contributed by atoms with Crippen molar-refractivity contribution in [3.63, 3.8) is 0 Å². The summed E-state index contributed by atoms with van der Waals surface area (Å²) >= 11 is 0. The Kier molecular flexibility index (Phi) is 4.40. The van der Waals surface area contributed by atoms with Crippen LogP contribution in [0.5, 0.6) is 0 Å². The standard InChI is InChI=1S/C16H27N3O4S/c1-12(2)15(21)18-6-7-19(24(22,23)13-4-5-13)11-16(10-18)8-14(20)17(3)9-16/h12-13H,4-11H2,1-3H3/t16-/m0/s1. The maximum atomic E-state index is 12.7. The molecular formula is C16H27N3O4S. The van der Waals surface area contributed by atoms with Crippen molar-refractivity contribution in [1.82, 2.24) is 14.1 Å². The highest BCUT2D eigenvalue weighted by Crippen LogP contribution is 2.38. The number of amides is 2. The zero-order valence-corrected chi connectivity index (χ0v) is 15.5. The number of sulfonamides is 1. The highest BCUT2D eigenvalue weighted by Gasteiger charge is 2.50. The van der Waals surface area contributed by atoms with Gasteiger partial charge in [0.05, 0.1) is 5.25 Å². The molecule has 2 heterocycles. The first kappa shape index (κ1) is 17.7. The minimum atomic E-state index is -3.31. The Bertz CT molecular complexity index is 644. The molecule has 24 heavy (non-hydrogen) atoms. The lowest BCUT2D eigenvalue weighted by Gasteiger charge is -2.33. The Balaban J connectivity index is 1.89. The maximum absolute atomic E-state index is 12.7. The molecule has 1 aliphatic carbocycles. The molecule has 8 heteroatoms. The van der Waals surface area contributed by atoms with E-state index in [1.165, 1.54) is 0 Å². The summed E-state index contributed by atoms with van der Waals surface area (Å²) in [5.74, 6) is -0.0804. The summed E-state index contributed by atoms with van der Waals surface area (Å²) in [6, 6.07) is 0. The van der Waals surface area contributed by atoms with Gasteiger partial charge >= 0.3 is 0 Å². The number of hydrogen-bond acceptors (Lipinski definition) is 4. The number of nitrogens with zero attached hydrogens (tertiary/aromatic N) is 3. The lowest BCUT2D eigenvalue weighted by atomic mass is 9.86. The third-order valence-electron chi connectivity index (χ3n) is 5.29. The molecule has 0 N–H and O–H groups in total. The van der Waals surface area contributed by atoms with E-state index in [4.69, 9.17) is 0 Å². The molecule has 2 saturated heterocycles. The topological polar surface area (TPSA) is 78.0 Å². The second-order valence-electron chi connectivity index (χ2n) is 7.92. The van der Waals surface area contributed by atoms with Gasteiger partial charge in [0.25, 0.3) is 0 Å². The molecule has 0 unspecified atom stereocenters. The van der Waals surface area contributed by atoms with Crippen molar-refractivity contribution in [3.05, 3.63) is 0 Å². The largest absolute Gasteiger partial charge is 0.345 e. The molecule has 3 fully saturated rings. The lowest BCUT2D eigenvalue weighted by Crippen LogP contribution is -2.46. The average Bonchev–Trinajstić information content (AvgIpc) is 3.30. The van der Waals surface area contributed by atoms with Crippen molar-refractivity contribution < 1.29 is 18.0 Å². The summed E-state index contributed by atoms with van der Waals surface area (Å²) < 4.78 is 27.0. The third kappa shape index (κ3) is 3.18. The third-order valence-corrected chi connectivity index (χ3v) is 7.64. The van der Waals surface area contributed by atoms with Gasteiger partial charge in [-0.1, -0.05) is 13.8 Å². The lowest BCUT2D eigenvalue weighted by molar-refractivity contribution is -0.135. The van der Waals surface area contributed by atoms with E-state index in [2.05, 4.69) is 0 Å². The number of hydrogen-bond donors (Lipinski definition) is 0. The highest BCUT2D eigenvalue weighted by molar-refractivity contribution is 7.90. The fourth-order valence-electron chi connectivity index (χ4n) is 3.88. The molecule has 0 aromatic carbocycles. The molecule has 7 nitrogen and oxygen atoms in total. The van der Waals surface area contributed by atoms with Crippen molar-refractivity contribution >= 4 is 21.8 Å². The second-order valence-corrected chi connectivity index (χ2v) is 10.1. The van der Waals surface area contributed by atoms with Gasteiger partial charge in [-0.15, -0.1) is 0 Å². The summed E-state index contributed by atoms with van der Waals surface area (Å²) in [6.07, 6.45) is 1.75. The molecule has 136 valence electrons. The van der Waals surface area contributed by atoms with E-state index in [1.54, 1.807) is 21.2 Å². The van der Waals surface area contributed by atoms with E-state index in [1.807, 2.05) is 13.8 Å². The summed E-state index contributed by atoms with van der Waals surface area (Å²) in [5.41, 5.74) is -0.491. The minimum absolute atomic E-state index is 0.0256. The van der Waals surface area contributed by atoms with Gasteiger partial charge in [0, 0.05) is 57.5 Å². The van der Waals surface area contributed by atoms with E-state index >= 15 is 0 Å². The molecule has 2 amide bonds. The predicted molar refractivity (Wildman–Crippen MR) is 89.6 cm³/mol. The summed E-state index contributed by atoms with van der Waals surface area (Å²) in [5, 5.41) is -0.267. The first-order valence-corrected chi connectivity index (χ1v) is 10.2. The number of likely N-dealkylation sites (tertiary alicyclic amines) is 1. The van der Waals surface area contributed by atoms with E-state index in [9.17, 15) is 18.0 Å². The van der Waals surface area contributed by atoms with Crippen LogP contribution in [0.3, 0.4) is 0 Å². The molecule has 1 saturated carbocycles. The van der Waals surface area contributed by atoms with E-state index in [0.717, 1.165) is 12.8 Å². The molecular weight excluding hydrogens is 330 g/mol. The molecule has 3 rings (SSSR count). The Morgan fingerprint density at radius 3 is 2.33 bits per heavy atom. The van der Waals surface area contributed by atoms with Crippen LogP contribution < -0.4 is 0 Å². The van der Waals surface area contributed by atoms with Gasteiger partial charge in [0.2, 0.25) is 21.8 Å². The van der Waals surface area contributed by atoms with Gasteiger partial charge in [0.15, 0.2) is 0 Å². The maximum Gasteiger partial charge on any atom is 0.225 e. The number of carbonyl (C=O) groups is 2. The summed E-state index contributed by atoms with van der Waals surface area (Å²) in [6.45, 7) is 5.74. The van der Waals surface area contributed by atoms with Crippen molar-refractivity contribution in [2.45, 2.75) is 38.4 Å². The quantitative estimate of drug-likeness (QED) is 0.719. The van der Waals surface area contributed by atoms with Gasteiger partial charge in [0.1, 0.15) is 0 Å². The SMILES string of the molecule is CC(C)C(=O)N1CCN(S(=O)(=O)C2CC2)C[C@]2(CC(=O)N(C)C2)C1. The Morgan fingerprint density at radius 1 is 1.17 bits per heavy atom. The van der Waals surface area contributed by atoms with Crippen LogP contribution in [0.4, 0.5) is 0 Å². The highest BCUT2D eigenvalue weighted by atomic mass is 32.2. The van der Waals surface area contributed by atoms with Crippen LogP contribution in [-0.4, -0.2) is 79.4 Å². The van der Waals surface area contributed by atoms with Crippen molar-refractivity contribution in [3.8, 4) is 0 Å². The first-order valence-electron chi connectivity index (χ1n) is 8.66. The Hall–Kier alpha value is -1.15. The van der Waals surface area contributed by atoms with E-state index in [-0.39, 0.29) is 23.0 Å². The molecule has 0 bridgehead atoms. The molecule has 1 atom stereocenters. The van der Waals surface area contributed by atoms with Gasteiger partial charge in [-0.3, -0.25) is 9.59 Å². The van der Waals surface area contributed by atoms with Crippen LogP contribution in [-0.2, 0) is 19.6 Å². The second kappa shape index (κ2) is 5.98. The Morgan fingerprint density at radius 2 is 1.83 bits per heavy atom. The van der Waals surface area contributed by atoms with Crippen LogP contribution in [0, 0.1) is 11.3 Å². The van der Waals surface area contributed by atoms with E-state index in [0.29, 0.717) is 39.1 Å². The van der Waals surface area contributed by atoms with E-state index < -0.39 is 15.4 Å². The van der Waals surface area contributed by atoms with Crippen LogP contribution >= 0.6 is 0 Å². The van der Waals surface area contributed by atoms with Gasteiger partial charge < -0.3 is 9.80 Å².